The number of ether oxygens (including phenoxy) is 1. The predicted molar refractivity (Wildman–Crippen MR) is 92.6 cm³/mol. The standard InChI is InChI=1S/C20H22N2O2/c1-22-12-16(20(23)21-11-14-7-3-2-4-8-14)17-13-24-18-10-6-5-9-15(18)19(17)22/h2-10,16-17,19H,11-13H2,1H3,(H,21,23)/t16-,17+,19+/m1/s1. The van der Waals surface area contributed by atoms with E-state index in [1.54, 1.807) is 0 Å². The lowest BCUT2D eigenvalue weighted by molar-refractivity contribution is -0.126. The molecule has 124 valence electrons. The number of fused-ring (bicyclic) bond motifs is 3. The first-order chi connectivity index (χ1) is 11.7. The van der Waals surface area contributed by atoms with E-state index in [4.69, 9.17) is 4.74 Å². The fourth-order valence-electron chi connectivity index (χ4n) is 4.02. The number of nitrogens with zero attached hydrogens (tertiary/aromatic N) is 1. The van der Waals surface area contributed by atoms with Gasteiger partial charge in [0, 0.05) is 30.6 Å². The van der Waals surface area contributed by atoms with Crippen molar-refractivity contribution < 1.29 is 9.53 Å². The van der Waals surface area contributed by atoms with Crippen LogP contribution in [0.15, 0.2) is 54.6 Å². The number of rotatable bonds is 3. The van der Waals surface area contributed by atoms with Crippen molar-refractivity contribution in [3.63, 3.8) is 0 Å². The number of likely N-dealkylation sites (tertiary alicyclic amines) is 1. The zero-order valence-electron chi connectivity index (χ0n) is 13.8. The Kier molecular flexibility index (Phi) is 3.98. The number of amides is 1. The van der Waals surface area contributed by atoms with Gasteiger partial charge >= 0.3 is 0 Å². The van der Waals surface area contributed by atoms with Gasteiger partial charge in [0.25, 0.3) is 0 Å². The molecule has 2 aromatic carbocycles. The molecule has 4 nitrogen and oxygen atoms in total. The molecule has 4 rings (SSSR count). The van der Waals surface area contributed by atoms with Crippen LogP contribution in [0.5, 0.6) is 5.75 Å². The Hall–Kier alpha value is -2.33. The van der Waals surface area contributed by atoms with Gasteiger partial charge in [-0.15, -0.1) is 0 Å². The third-order valence-electron chi connectivity index (χ3n) is 5.20. The van der Waals surface area contributed by atoms with Crippen molar-refractivity contribution in [2.75, 3.05) is 20.2 Å². The largest absolute Gasteiger partial charge is 0.493 e. The summed E-state index contributed by atoms with van der Waals surface area (Å²) in [5.74, 6) is 1.26. The minimum Gasteiger partial charge on any atom is -0.493 e. The Morgan fingerprint density at radius 1 is 1.17 bits per heavy atom. The fourth-order valence-corrected chi connectivity index (χ4v) is 4.02. The quantitative estimate of drug-likeness (QED) is 0.944. The summed E-state index contributed by atoms with van der Waals surface area (Å²) in [7, 11) is 2.10. The lowest BCUT2D eigenvalue weighted by atomic mass is 9.85. The first-order valence-corrected chi connectivity index (χ1v) is 8.47. The molecule has 0 bridgehead atoms. The van der Waals surface area contributed by atoms with Gasteiger partial charge in [-0.05, 0) is 18.7 Å². The van der Waals surface area contributed by atoms with Crippen LogP contribution in [0.3, 0.4) is 0 Å². The Morgan fingerprint density at radius 2 is 1.92 bits per heavy atom. The van der Waals surface area contributed by atoms with E-state index >= 15 is 0 Å². The number of para-hydroxylation sites is 1. The minimum atomic E-state index is -0.0305. The molecular weight excluding hydrogens is 300 g/mol. The normalized spacial score (nSPS) is 25.5. The van der Waals surface area contributed by atoms with Crippen LogP contribution in [0.1, 0.15) is 17.2 Å². The lowest BCUT2D eigenvalue weighted by Gasteiger charge is -2.32. The van der Waals surface area contributed by atoms with Crippen molar-refractivity contribution in [3.05, 3.63) is 65.7 Å². The predicted octanol–water partition coefficient (Wildman–Crippen LogP) is 2.61. The monoisotopic (exact) mass is 322 g/mol. The smallest absolute Gasteiger partial charge is 0.225 e. The second-order valence-electron chi connectivity index (χ2n) is 6.71. The third kappa shape index (κ3) is 2.67. The molecule has 0 saturated carbocycles. The van der Waals surface area contributed by atoms with E-state index in [0.717, 1.165) is 17.9 Å². The minimum absolute atomic E-state index is 0.0305. The number of carbonyl (C=O) groups is 1. The second kappa shape index (κ2) is 6.29. The SMILES string of the molecule is CN1C[C@@H](C(=O)NCc2ccccc2)[C@@H]2COc3ccccc3[C@@H]21. The molecule has 1 N–H and O–H groups in total. The molecule has 1 saturated heterocycles. The van der Waals surface area contributed by atoms with Crippen LogP contribution < -0.4 is 10.1 Å². The summed E-state index contributed by atoms with van der Waals surface area (Å²) in [5, 5.41) is 3.10. The van der Waals surface area contributed by atoms with Crippen LogP contribution in [0.25, 0.3) is 0 Å². The van der Waals surface area contributed by atoms with Gasteiger partial charge in [0.2, 0.25) is 5.91 Å². The number of hydrogen-bond donors (Lipinski definition) is 1. The van der Waals surface area contributed by atoms with Gasteiger partial charge in [-0.1, -0.05) is 48.5 Å². The van der Waals surface area contributed by atoms with Crippen LogP contribution in [0.2, 0.25) is 0 Å². The Bertz CT molecular complexity index is 731. The van der Waals surface area contributed by atoms with Gasteiger partial charge in [0.1, 0.15) is 5.75 Å². The van der Waals surface area contributed by atoms with Gasteiger partial charge in [-0.25, -0.2) is 0 Å². The molecule has 2 aliphatic heterocycles. The average Bonchev–Trinajstić information content (AvgIpc) is 2.98. The molecule has 0 aliphatic carbocycles. The molecule has 2 aromatic rings. The van der Waals surface area contributed by atoms with Gasteiger partial charge in [0.15, 0.2) is 0 Å². The lowest BCUT2D eigenvalue weighted by Crippen LogP contribution is -2.37. The highest BCUT2D eigenvalue weighted by molar-refractivity contribution is 5.80. The van der Waals surface area contributed by atoms with Gasteiger partial charge in [-0.3, -0.25) is 9.69 Å². The van der Waals surface area contributed by atoms with Crippen LogP contribution >= 0.6 is 0 Å². The molecule has 1 fully saturated rings. The maximum absolute atomic E-state index is 12.7. The fraction of sp³-hybridized carbons (Fsp3) is 0.350. The number of benzene rings is 2. The van der Waals surface area contributed by atoms with E-state index in [9.17, 15) is 4.79 Å². The Balaban J connectivity index is 1.49. The van der Waals surface area contributed by atoms with Crippen LogP contribution in [0.4, 0.5) is 0 Å². The van der Waals surface area contributed by atoms with E-state index < -0.39 is 0 Å². The van der Waals surface area contributed by atoms with Crippen LogP contribution in [0, 0.1) is 11.8 Å². The summed E-state index contributed by atoms with van der Waals surface area (Å²) in [6, 6.07) is 18.5. The van der Waals surface area contributed by atoms with E-state index in [1.807, 2.05) is 48.5 Å². The second-order valence-corrected chi connectivity index (χ2v) is 6.71. The zero-order valence-corrected chi connectivity index (χ0v) is 13.8. The van der Waals surface area contributed by atoms with Crippen molar-refractivity contribution in [2.24, 2.45) is 11.8 Å². The van der Waals surface area contributed by atoms with Crippen molar-refractivity contribution in [1.29, 1.82) is 0 Å². The van der Waals surface area contributed by atoms with E-state index in [-0.39, 0.29) is 23.8 Å². The molecule has 0 radical (unpaired) electrons. The summed E-state index contributed by atoms with van der Waals surface area (Å²) in [6.45, 7) is 1.96. The molecule has 0 spiro atoms. The summed E-state index contributed by atoms with van der Waals surface area (Å²) in [4.78, 5) is 15.0. The van der Waals surface area contributed by atoms with Gasteiger partial charge < -0.3 is 10.1 Å². The number of carbonyl (C=O) groups excluding carboxylic acids is 1. The summed E-state index contributed by atoms with van der Waals surface area (Å²) >= 11 is 0. The van der Waals surface area contributed by atoms with Gasteiger partial charge in [-0.2, -0.15) is 0 Å². The Labute approximate surface area is 142 Å². The summed E-state index contributed by atoms with van der Waals surface area (Å²) in [5.41, 5.74) is 2.33. The highest BCUT2D eigenvalue weighted by Crippen LogP contribution is 2.46. The van der Waals surface area contributed by atoms with E-state index in [1.165, 1.54) is 5.56 Å². The van der Waals surface area contributed by atoms with Crippen LogP contribution in [-0.2, 0) is 11.3 Å². The number of nitrogens with one attached hydrogen (secondary N) is 1. The zero-order chi connectivity index (χ0) is 16.5. The molecule has 24 heavy (non-hydrogen) atoms. The maximum Gasteiger partial charge on any atom is 0.225 e. The first kappa shape index (κ1) is 15.2. The highest BCUT2D eigenvalue weighted by Gasteiger charge is 2.47. The third-order valence-corrected chi connectivity index (χ3v) is 5.20. The average molecular weight is 322 g/mol. The molecule has 2 aliphatic rings. The molecule has 0 unspecified atom stereocenters. The Morgan fingerprint density at radius 3 is 2.75 bits per heavy atom. The van der Waals surface area contributed by atoms with Crippen molar-refractivity contribution >= 4 is 5.91 Å². The molecular formula is C20H22N2O2. The van der Waals surface area contributed by atoms with Gasteiger partial charge in [0.05, 0.1) is 12.5 Å². The van der Waals surface area contributed by atoms with E-state index in [2.05, 4.69) is 23.3 Å². The summed E-state index contributed by atoms with van der Waals surface area (Å²) < 4.78 is 5.92. The molecule has 3 atom stereocenters. The van der Waals surface area contributed by atoms with Crippen molar-refractivity contribution in [3.8, 4) is 5.75 Å². The molecule has 1 amide bonds. The van der Waals surface area contributed by atoms with Crippen molar-refractivity contribution in [2.45, 2.75) is 12.6 Å². The summed E-state index contributed by atoms with van der Waals surface area (Å²) in [6.07, 6.45) is 0. The molecule has 0 aromatic heterocycles. The van der Waals surface area contributed by atoms with Crippen molar-refractivity contribution in [1.82, 2.24) is 10.2 Å². The highest BCUT2D eigenvalue weighted by atomic mass is 16.5. The topological polar surface area (TPSA) is 41.6 Å². The van der Waals surface area contributed by atoms with Crippen LogP contribution in [-0.4, -0.2) is 31.0 Å². The molecule has 2 heterocycles. The molecule has 4 heteroatoms. The van der Waals surface area contributed by atoms with E-state index in [0.29, 0.717) is 13.2 Å². The maximum atomic E-state index is 12.7. The first-order valence-electron chi connectivity index (χ1n) is 8.47. The number of hydrogen-bond acceptors (Lipinski definition) is 3.